The van der Waals surface area contributed by atoms with E-state index in [0.717, 1.165) is 23.3 Å². The third-order valence-corrected chi connectivity index (χ3v) is 5.27. The zero-order chi connectivity index (χ0) is 14.1. The standard InChI is InChI=1S/C16H16ClNOS/c1-10(12-6-2-3-7-13(12)17)18-16(19)15-9-11-5-4-8-14(11)20-15/h2-3,6-7,9-10H,4-5,8H2,1H3,(H,18,19). The van der Waals surface area contributed by atoms with E-state index in [-0.39, 0.29) is 11.9 Å². The molecule has 1 aliphatic rings. The highest BCUT2D eigenvalue weighted by atomic mass is 35.5. The van der Waals surface area contributed by atoms with E-state index in [9.17, 15) is 4.79 Å². The lowest BCUT2D eigenvalue weighted by Crippen LogP contribution is -2.26. The van der Waals surface area contributed by atoms with Crippen LogP contribution < -0.4 is 5.32 Å². The van der Waals surface area contributed by atoms with Gasteiger partial charge in [-0.05, 0) is 49.4 Å². The zero-order valence-corrected chi connectivity index (χ0v) is 12.9. The maximum absolute atomic E-state index is 12.3. The number of nitrogens with one attached hydrogen (secondary N) is 1. The van der Waals surface area contributed by atoms with Crippen LogP contribution in [0, 0.1) is 0 Å². The highest BCUT2D eigenvalue weighted by Gasteiger charge is 2.20. The predicted octanol–water partition coefficient (Wildman–Crippen LogP) is 4.38. The molecule has 104 valence electrons. The Morgan fingerprint density at radius 3 is 2.90 bits per heavy atom. The van der Waals surface area contributed by atoms with E-state index in [1.807, 2.05) is 37.3 Å². The number of carbonyl (C=O) groups excluding carboxylic acids is 1. The summed E-state index contributed by atoms with van der Waals surface area (Å²) < 4.78 is 0. The second-order valence-electron chi connectivity index (χ2n) is 5.13. The molecule has 1 atom stereocenters. The van der Waals surface area contributed by atoms with E-state index >= 15 is 0 Å². The molecule has 0 bridgehead atoms. The molecule has 0 radical (unpaired) electrons. The fraction of sp³-hybridized carbons (Fsp3) is 0.312. The van der Waals surface area contributed by atoms with Crippen LogP contribution in [0.25, 0.3) is 0 Å². The van der Waals surface area contributed by atoms with E-state index in [4.69, 9.17) is 11.6 Å². The Labute approximate surface area is 127 Å². The molecule has 2 nitrogen and oxygen atoms in total. The Morgan fingerprint density at radius 1 is 1.35 bits per heavy atom. The van der Waals surface area contributed by atoms with Gasteiger partial charge < -0.3 is 5.32 Å². The minimum Gasteiger partial charge on any atom is -0.345 e. The quantitative estimate of drug-likeness (QED) is 0.895. The lowest BCUT2D eigenvalue weighted by Gasteiger charge is -2.15. The second kappa shape index (κ2) is 5.58. The number of rotatable bonds is 3. The molecule has 4 heteroatoms. The topological polar surface area (TPSA) is 29.1 Å². The number of halogens is 1. The summed E-state index contributed by atoms with van der Waals surface area (Å²) in [5, 5.41) is 3.72. The molecule has 1 amide bonds. The summed E-state index contributed by atoms with van der Waals surface area (Å²) in [6.45, 7) is 1.96. The van der Waals surface area contributed by atoms with Gasteiger partial charge in [0.15, 0.2) is 0 Å². The van der Waals surface area contributed by atoms with Crippen molar-refractivity contribution in [1.82, 2.24) is 5.32 Å². The maximum atomic E-state index is 12.3. The van der Waals surface area contributed by atoms with Crippen molar-refractivity contribution in [2.24, 2.45) is 0 Å². The smallest absolute Gasteiger partial charge is 0.261 e. The molecule has 1 heterocycles. The van der Waals surface area contributed by atoms with Crippen LogP contribution in [0.2, 0.25) is 5.02 Å². The first-order chi connectivity index (χ1) is 9.65. The van der Waals surface area contributed by atoms with Crippen molar-refractivity contribution in [1.29, 1.82) is 0 Å². The van der Waals surface area contributed by atoms with Crippen molar-refractivity contribution in [2.45, 2.75) is 32.2 Å². The van der Waals surface area contributed by atoms with E-state index in [1.54, 1.807) is 11.3 Å². The van der Waals surface area contributed by atoms with Crippen LogP contribution in [0.1, 0.15) is 45.1 Å². The minimum atomic E-state index is -0.0897. The molecule has 0 saturated carbocycles. The molecule has 0 fully saturated rings. The van der Waals surface area contributed by atoms with Crippen LogP contribution in [-0.4, -0.2) is 5.91 Å². The van der Waals surface area contributed by atoms with Crippen molar-refractivity contribution < 1.29 is 4.79 Å². The molecule has 0 spiro atoms. The molecule has 1 N–H and O–H groups in total. The van der Waals surface area contributed by atoms with E-state index in [1.165, 1.54) is 16.9 Å². The van der Waals surface area contributed by atoms with Crippen LogP contribution in [-0.2, 0) is 12.8 Å². The van der Waals surface area contributed by atoms with Crippen molar-refractivity contribution in [2.75, 3.05) is 0 Å². The summed E-state index contributed by atoms with van der Waals surface area (Å²) >= 11 is 7.79. The summed E-state index contributed by atoms with van der Waals surface area (Å²) in [5.41, 5.74) is 2.30. The number of carbonyl (C=O) groups is 1. The minimum absolute atomic E-state index is 0.00294. The van der Waals surface area contributed by atoms with Gasteiger partial charge in [-0.2, -0.15) is 0 Å². The molecular formula is C16H16ClNOS. The number of aryl methyl sites for hydroxylation is 2. The average Bonchev–Trinajstić information content (AvgIpc) is 2.99. The SMILES string of the molecule is CC(NC(=O)c1cc2c(s1)CCC2)c1ccccc1Cl. The van der Waals surface area contributed by atoms with Gasteiger partial charge in [0.1, 0.15) is 0 Å². The predicted molar refractivity (Wildman–Crippen MR) is 83.7 cm³/mol. The summed E-state index contributed by atoms with van der Waals surface area (Å²) in [6.07, 6.45) is 3.45. The fourth-order valence-corrected chi connectivity index (χ4v) is 4.07. The second-order valence-corrected chi connectivity index (χ2v) is 6.67. The van der Waals surface area contributed by atoms with Gasteiger partial charge in [0.05, 0.1) is 10.9 Å². The number of hydrogen-bond acceptors (Lipinski definition) is 2. The van der Waals surface area contributed by atoms with Crippen LogP contribution >= 0.6 is 22.9 Å². The number of hydrogen-bond donors (Lipinski definition) is 1. The van der Waals surface area contributed by atoms with Crippen LogP contribution in [0.5, 0.6) is 0 Å². The largest absolute Gasteiger partial charge is 0.345 e. The number of amides is 1. The molecule has 20 heavy (non-hydrogen) atoms. The first kappa shape index (κ1) is 13.7. The molecule has 1 aliphatic carbocycles. The van der Waals surface area contributed by atoms with Gasteiger partial charge in [0, 0.05) is 9.90 Å². The van der Waals surface area contributed by atoms with Crippen molar-refractivity contribution >= 4 is 28.8 Å². The maximum Gasteiger partial charge on any atom is 0.261 e. The van der Waals surface area contributed by atoms with Gasteiger partial charge in [-0.25, -0.2) is 0 Å². The monoisotopic (exact) mass is 305 g/mol. The van der Waals surface area contributed by atoms with Gasteiger partial charge in [0.2, 0.25) is 0 Å². The number of benzene rings is 1. The first-order valence-electron chi connectivity index (χ1n) is 6.82. The Balaban J connectivity index is 1.74. The average molecular weight is 306 g/mol. The summed E-state index contributed by atoms with van der Waals surface area (Å²) in [5.74, 6) is -0.00294. The summed E-state index contributed by atoms with van der Waals surface area (Å²) in [7, 11) is 0. The van der Waals surface area contributed by atoms with Gasteiger partial charge in [0.25, 0.3) is 5.91 Å². The Kier molecular flexibility index (Phi) is 3.81. The van der Waals surface area contributed by atoms with Gasteiger partial charge in [-0.1, -0.05) is 29.8 Å². The first-order valence-corrected chi connectivity index (χ1v) is 8.01. The molecule has 1 aromatic carbocycles. The van der Waals surface area contributed by atoms with Gasteiger partial charge in [-0.15, -0.1) is 11.3 Å². The molecule has 0 saturated heterocycles. The van der Waals surface area contributed by atoms with Gasteiger partial charge in [-0.3, -0.25) is 4.79 Å². The third kappa shape index (κ3) is 2.60. The normalized spacial score (nSPS) is 14.9. The molecule has 3 rings (SSSR count). The number of thiophene rings is 1. The Hall–Kier alpha value is -1.32. The third-order valence-electron chi connectivity index (χ3n) is 3.69. The van der Waals surface area contributed by atoms with E-state index in [0.29, 0.717) is 5.02 Å². The molecule has 1 aromatic heterocycles. The van der Waals surface area contributed by atoms with Crippen molar-refractivity contribution in [3.8, 4) is 0 Å². The highest BCUT2D eigenvalue weighted by Crippen LogP contribution is 2.31. The summed E-state index contributed by atoms with van der Waals surface area (Å²) in [4.78, 5) is 14.5. The zero-order valence-electron chi connectivity index (χ0n) is 11.3. The molecule has 2 aromatic rings. The Morgan fingerprint density at radius 2 is 2.15 bits per heavy atom. The molecular weight excluding hydrogens is 290 g/mol. The van der Waals surface area contributed by atoms with Crippen molar-refractivity contribution in [3.63, 3.8) is 0 Å². The lowest BCUT2D eigenvalue weighted by molar-refractivity contribution is 0.0944. The van der Waals surface area contributed by atoms with Crippen molar-refractivity contribution in [3.05, 3.63) is 56.2 Å². The van der Waals surface area contributed by atoms with Crippen LogP contribution in [0.4, 0.5) is 0 Å². The fourth-order valence-electron chi connectivity index (χ4n) is 2.61. The van der Waals surface area contributed by atoms with Crippen LogP contribution in [0.3, 0.4) is 0 Å². The van der Waals surface area contributed by atoms with E-state index < -0.39 is 0 Å². The number of fused-ring (bicyclic) bond motifs is 1. The van der Waals surface area contributed by atoms with Gasteiger partial charge >= 0.3 is 0 Å². The Bertz CT molecular complexity index is 628. The van der Waals surface area contributed by atoms with Crippen LogP contribution in [0.15, 0.2) is 30.3 Å². The lowest BCUT2D eigenvalue weighted by atomic mass is 10.1. The molecule has 0 aliphatic heterocycles. The molecule has 1 unspecified atom stereocenters. The summed E-state index contributed by atoms with van der Waals surface area (Å²) in [6, 6.07) is 9.57. The van der Waals surface area contributed by atoms with E-state index in [2.05, 4.69) is 5.32 Å². The highest BCUT2D eigenvalue weighted by molar-refractivity contribution is 7.14.